The molecule has 0 bridgehead atoms. The Kier molecular flexibility index (Phi) is 5.27. The van der Waals surface area contributed by atoms with Gasteiger partial charge in [0.05, 0.1) is 16.5 Å². The summed E-state index contributed by atoms with van der Waals surface area (Å²) in [6.45, 7) is 2.01. The number of fused-ring (bicyclic) bond motifs is 1. The van der Waals surface area contributed by atoms with Crippen molar-refractivity contribution in [2.45, 2.75) is 19.5 Å². The van der Waals surface area contributed by atoms with E-state index in [1.165, 1.54) is 0 Å². The van der Waals surface area contributed by atoms with Gasteiger partial charge in [0.15, 0.2) is 0 Å². The van der Waals surface area contributed by atoms with Crippen molar-refractivity contribution in [3.8, 4) is 0 Å². The van der Waals surface area contributed by atoms with Gasteiger partial charge in [-0.1, -0.05) is 29.8 Å². The van der Waals surface area contributed by atoms with Crippen molar-refractivity contribution in [1.82, 2.24) is 19.4 Å². The van der Waals surface area contributed by atoms with Gasteiger partial charge in [-0.2, -0.15) is 0 Å². The normalized spacial score (nSPS) is 11.1. The third-order valence-corrected chi connectivity index (χ3v) is 5.70. The van der Waals surface area contributed by atoms with Crippen molar-refractivity contribution >= 4 is 39.1 Å². The van der Waals surface area contributed by atoms with Crippen LogP contribution in [0.1, 0.15) is 22.5 Å². The number of nitrogens with one attached hydrogen (secondary N) is 1. The van der Waals surface area contributed by atoms with Crippen LogP contribution < -0.4 is 5.32 Å². The molecule has 0 fully saturated rings. The zero-order chi connectivity index (χ0) is 18.6. The average molecular weight is 399 g/mol. The summed E-state index contributed by atoms with van der Waals surface area (Å²) in [7, 11) is 0. The highest BCUT2D eigenvalue weighted by Crippen LogP contribution is 2.27. The van der Waals surface area contributed by atoms with Crippen molar-refractivity contribution in [2.24, 2.45) is 0 Å². The molecule has 3 heterocycles. The number of carbonyl (C=O) groups is 1. The van der Waals surface area contributed by atoms with Crippen LogP contribution in [0.5, 0.6) is 0 Å². The molecule has 27 heavy (non-hydrogen) atoms. The Balaban J connectivity index is 1.50. The van der Waals surface area contributed by atoms with Crippen LogP contribution in [0.15, 0.2) is 60.5 Å². The van der Waals surface area contributed by atoms with E-state index in [0.29, 0.717) is 23.8 Å². The van der Waals surface area contributed by atoms with Crippen LogP contribution in [0.4, 0.5) is 0 Å². The zero-order valence-electron chi connectivity index (χ0n) is 14.6. The molecule has 1 N–H and O–H groups in total. The second kappa shape index (κ2) is 7.98. The Morgan fingerprint density at radius 1 is 1.26 bits per heavy atom. The number of halogens is 1. The lowest BCUT2D eigenvalue weighted by Crippen LogP contribution is -2.27. The average Bonchev–Trinajstić information content (AvgIpc) is 3.39. The summed E-state index contributed by atoms with van der Waals surface area (Å²) in [5, 5.41) is 5.78. The molecule has 0 aliphatic heterocycles. The molecule has 0 aliphatic carbocycles. The second-order valence-electron chi connectivity index (χ2n) is 6.29. The summed E-state index contributed by atoms with van der Waals surface area (Å²) >= 11 is 7.97. The number of imidazole rings is 1. The predicted molar refractivity (Wildman–Crippen MR) is 110 cm³/mol. The fourth-order valence-corrected chi connectivity index (χ4v) is 4.12. The maximum atomic E-state index is 12.8. The molecule has 1 amide bonds. The first-order chi connectivity index (χ1) is 13.2. The largest absolute Gasteiger partial charge is 0.351 e. The van der Waals surface area contributed by atoms with E-state index in [9.17, 15) is 4.79 Å². The molecule has 0 radical (unpaired) electrons. The minimum atomic E-state index is -0.0592. The summed E-state index contributed by atoms with van der Waals surface area (Å²) < 4.78 is 5.14. The standard InChI is InChI=1S/C20H19ClN4OS/c21-16-5-2-1-4-15(16)13-25-17-6-11-27-19(17)12-18(25)20(26)23-7-3-9-24-10-8-22-14-24/h1-2,4-6,8,10-12,14H,3,7,9,13H2,(H,23,26). The van der Waals surface area contributed by atoms with Gasteiger partial charge < -0.3 is 14.5 Å². The highest BCUT2D eigenvalue weighted by atomic mass is 35.5. The first-order valence-electron chi connectivity index (χ1n) is 8.76. The van der Waals surface area contributed by atoms with Crippen molar-refractivity contribution < 1.29 is 4.79 Å². The lowest BCUT2D eigenvalue weighted by atomic mass is 10.2. The molecule has 3 aromatic heterocycles. The number of thiophene rings is 1. The first kappa shape index (κ1) is 17.8. The molecule has 138 valence electrons. The Labute approximate surface area is 166 Å². The predicted octanol–water partition coefficient (Wildman–Crippen LogP) is 4.42. The highest BCUT2D eigenvalue weighted by Gasteiger charge is 2.17. The molecule has 0 saturated heterocycles. The van der Waals surface area contributed by atoms with Crippen molar-refractivity contribution in [3.63, 3.8) is 0 Å². The number of benzene rings is 1. The molecule has 4 aromatic rings. The third-order valence-electron chi connectivity index (χ3n) is 4.48. The summed E-state index contributed by atoms with van der Waals surface area (Å²) in [6, 6.07) is 11.8. The van der Waals surface area contributed by atoms with Crippen LogP contribution in [0.25, 0.3) is 10.2 Å². The lowest BCUT2D eigenvalue weighted by molar-refractivity contribution is 0.0944. The third kappa shape index (κ3) is 3.91. The number of aryl methyl sites for hydroxylation is 1. The van der Waals surface area contributed by atoms with Crippen molar-refractivity contribution in [1.29, 1.82) is 0 Å². The minimum Gasteiger partial charge on any atom is -0.351 e. The summed E-state index contributed by atoms with van der Waals surface area (Å²) in [5.41, 5.74) is 2.72. The number of rotatable bonds is 7. The highest BCUT2D eigenvalue weighted by molar-refractivity contribution is 7.17. The number of amides is 1. The van der Waals surface area contributed by atoms with Gasteiger partial charge in [-0.3, -0.25) is 4.79 Å². The van der Waals surface area contributed by atoms with Gasteiger partial charge in [-0.25, -0.2) is 4.98 Å². The number of carbonyl (C=O) groups excluding carboxylic acids is 1. The van der Waals surface area contributed by atoms with E-state index < -0.39 is 0 Å². The summed E-state index contributed by atoms with van der Waals surface area (Å²) in [5.74, 6) is -0.0592. The monoisotopic (exact) mass is 398 g/mol. The molecule has 4 rings (SSSR count). The van der Waals surface area contributed by atoms with Crippen molar-refractivity contribution in [2.75, 3.05) is 6.54 Å². The van der Waals surface area contributed by atoms with Gasteiger partial charge in [0, 0.05) is 37.1 Å². The molecule has 0 unspecified atom stereocenters. The van der Waals surface area contributed by atoms with Crippen LogP contribution in [-0.4, -0.2) is 26.6 Å². The van der Waals surface area contributed by atoms with E-state index in [-0.39, 0.29) is 5.91 Å². The van der Waals surface area contributed by atoms with Gasteiger partial charge in [0.25, 0.3) is 5.91 Å². The Bertz CT molecular complexity index is 1050. The number of nitrogens with zero attached hydrogens (tertiary/aromatic N) is 3. The fraction of sp³-hybridized carbons (Fsp3) is 0.200. The van der Waals surface area contributed by atoms with Gasteiger partial charge in [-0.15, -0.1) is 11.3 Å². The smallest absolute Gasteiger partial charge is 0.267 e. The summed E-state index contributed by atoms with van der Waals surface area (Å²) in [6.07, 6.45) is 6.31. The Morgan fingerprint density at radius 2 is 2.15 bits per heavy atom. The van der Waals surface area contributed by atoms with Crippen LogP contribution in [0.3, 0.4) is 0 Å². The number of aromatic nitrogens is 3. The van der Waals surface area contributed by atoms with Crippen molar-refractivity contribution in [3.05, 3.63) is 76.8 Å². The molecule has 0 spiro atoms. The van der Waals surface area contributed by atoms with E-state index in [0.717, 1.165) is 28.7 Å². The zero-order valence-corrected chi connectivity index (χ0v) is 16.2. The molecular formula is C20H19ClN4OS. The van der Waals surface area contributed by atoms with Gasteiger partial charge >= 0.3 is 0 Å². The Morgan fingerprint density at radius 3 is 2.96 bits per heavy atom. The minimum absolute atomic E-state index is 0.0592. The van der Waals surface area contributed by atoms with E-state index in [4.69, 9.17) is 11.6 Å². The van der Waals surface area contributed by atoms with Gasteiger partial charge in [0.2, 0.25) is 0 Å². The SMILES string of the molecule is O=C(NCCCn1ccnc1)c1cc2sccc2n1Cc1ccccc1Cl. The van der Waals surface area contributed by atoms with E-state index in [1.54, 1.807) is 23.9 Å². The maximum Gasteiger partial charge on any atom is 0.267 e. The van der Waals surface area contributed by atoms with Crippen LogP contribution in [0.2, 0.25) is 5.02 Å². The molecule has 1 aromatic carbocycles. The van der Waals surface area contributed by atoms with Crippen LogP contribution >= 0.6 is 22.9 Å². The fourth-order valence-electron chi connectivity index (χ4n) is 3.11. The molecule has 7 heteroatoms. The van der Waals surface area contributed by atoms with E-state index in [1.807, 2.05) is 57.1 Å². The van der Waals surface area contributed by atoms with Gasteiger partial charge in [-0.05, 0) is 35.6 Å². The maximum absolute atomic E-state index is 12.8. The van der Waals surface area contributed by atoms with Crippen LogP contribution in [-0.2, 0) is 13.1 Å². The first-order valence-corrected chi connectivity index (χ1v) is 10.0. The quantitative estimate of drug-likeness (QED) is 0.468. The number of hydrogen-bond acceptors (Lipinski definition) is 3. The lowest BCUT2D eigenvalue weighted by Gasteiger charge is -2.12. The molecule has 0 saturated carbocycles. The van der Waals surface area contributed by atoms with E-state index in [2.05, 4.69) is 10.3 Å². The van der Waals surface area contributed by atoms with Gasteiger partial charge in [0.1, 0.15) is 5.69 Å². The Hall–Kier alpha value is -2.57. The molecule has 0 aliphatic rings. The molecular weight excluding hydrogens is 380 g/mol. The molecule has 5 nitrogen and oxygen atoms in total. The number of hydrogen-bond donors (Lipinski definition) is 1. The van der Waals surface area contributed by atoms with Crippen LogP contribution in [0, 0.1) is 0 Å². The summed E-state index contributed by atoms with van der Waals surface area (Å²) in [4.78, 5) is 16.8. The second-order valence-corrected chi connectivity index (χ2v) is 7.64. The molecule has 0 atom stereocenters. The topological polar surface area (TPSA) is 51.9 Å². The van der Waals surface area contributed by atoms with E-state index >= 15 is 0 Å².